The maximum atomic E-state index is 12.1. The van der Waals surface area contributed by atoms with Crippen LogP contribution in [0.2, 0.25) is 0 Å². The molecule has 26 heavy (non-hydrogen) atoms. The first-order chi connectivity index (χ1) is 11.8. The first kappa shape index (κ1) is 22.2. The van der Waals surface area contributed by atoms with Crippen molar-refractivity contribution in [3.63, 3.8) is 0 Å². The van der Waals surface area contributed by atoms with E-state index in [0.29, 0.717) is 38.5 Å². The fourth-order valence-electron chi connectivity index (χ4n) is 2.46. The summed E-state index contributed by atoms with van der Waals surface area (Å²) >= 11 is 0. The van der Waals surface area contributed by atoms with Crippen molar-refractivity contribution in [2.24, 2.45) is 0 Å². The molecule has 0 spiro atoms. The van der Waals surface area contributed by atoms with E-state index in [1.807, 2.05) is 24.3 Å². The number of carbonyl (C=O) groups is 1. The molecule has 1 unspecified atom stereocenters. The van der Waals surface area contributed by atoms with Crippen LogP contribution in [0.3, 0.4) is 0 Å². The van der Waals surface area contributed by atoms with Gasteiger partial charge in [0.15, 0.2) is 0 Å². The Kier molecular flexibility index (Phi) is 9.97. The Morgan fingerprint density at radius 3 is 3.04 bits per heavy atom. The number of nitrogens with zero attached hydrogens (tertiary/aromatic N) is 3. The number of benzene rings is 1. The van der Waals surface area contributed by atoms with Gasteiger partial charge in [0.1, 0.15) is 25.0 Å². The number of nitrogens with one attached hydrogen (secondary N) is 2. The number of ether oxygens (including phenoxy) is 2. The number of carbonyl (C=O) groups excluding carboxylic acids is 1. The number of hydrogen-bond acceptors (Lipinski definition) is 6. The predicted molar refractivity (Wildman–Crippen MR) is 102 cm³/mol. The zero-order valence-electron chi connectivity index (χ0n) is 14.2. The summed E-state index contributed by atoms with van der Waals surface area (Å²) in [7, 11) is 0. The topological polar surface area (TPSA) is 90.3 Å². The van der Waals surface area contributed by atoms with Gasteiger partial charge in [0, 0.05) is 30.8 Å². The summed E-state index contributed by atoms with van der Waals surface area (Å²) in [5.41, 5.74) is 0.718. The number of hydrogen-bond donors (Lipinski definition) is 2. The number of rotatable bonds is 7. The average molecular weight is 404 g/mol. The third kappa shape index (κ3) is 7.17. The molecule has 8 nitrogen and oxygen atoms in total. The molecule has 0 aliphatic carbocycles. The number of aromatic nitrogens is 3. The van der Waals surface area contributed by atoms with Gasteiger partial charge >= 0.3 is 0 Å². The summed E-state index contributed by atoms with van der Waals surface area (Å²) in [5, 5.41) is 10.2. The zero-order chi connectivity index (χ0) is 16.6. The van der Waals surface area contributed by atoms with Gasteiger partial charge in [0.05, 0.1) is 19.8 Å². The van der Waals surface area contributed by atoms with Gasteiger partial charge in [-0.2, -0.15) is 5.10 Å². The molecule has 1 aromatic carbocycles. The van der Waals surface area contributed by atoms with Crippen LogP contribution >= 0.6 is 24.8 Å². The quantitative estimate of drug-likeness (QED) is 0.728. The van der Waals surface area contributed by atoms with Crippen molar-refractivity contribution in [3.8, 4) is 5.75 Å². The van der Waals surface area contributed by atoms with Gasteiger partial charge in [0.2, 0.25) is 5.91 Å². The number of amides is 1. The normalized spacial score (nSPS) is 16.1. The summed E-state index contributed by atoms with van der Waals surface area (Å²) in [6.07, 6.45) is 3.52. The smallest absolute Gasteiger partial charge is 0.226 e. The highest BCUT2D eigenvalue weighted by Gasteiger charge is 2.16. The van der Waals surface area contributed by atoms with Crippen molar-refractivity contribution < 1.29 is 14.3 Å². The standard InChI is InChI=1S/C16H21N5O3.2ClH/c22-16(9-14-10-23-6-4-18-14)20-13-2-1-3-15(8-13)24-7-5-21-12-17-11-19-21;;/h1-3,8,11-12,14,18H,4-7,9-10H2,(H,20,22);2*1H. The molecule has 0 bridgehead atoms. The third-order valence-electron chi connectivity index (χ3n) is 3.60. The monoisotopic (exact) mass is 403 g/mol. The molecule has 1 fully saturated rings. The van der Waals surface area contributed by atoms with Crippen LogP contribution in [0.4, 0.5) is 5.69 Å². The Labute approximate surface area is 164 Å². The lowest BCUT2D eigenvalue weighted by Gasteiger charge is -2.23. The van der Waals surface area contributed by atoms with E-state index in [1.54, 1.807) is 11.0 Å². The Morgan fingerprint density at radius 2 is 2.31 bits per heavy atom. The van der Waals surface area contributed by atoms with Crippen LogP contribution < -0.4 is 15.4 Å². The van der Waals surface area contributed by atoms with Crippen LogP contribution in [0.1, 0.15) is 6.42 Å². The summed E-state index contributed by atoms with van der Waals surface area (Å²) in [6.45, 7) is 3.14. The maximum Gasteiger partial charge on any atom is 0.226 e. The molecule has 2 aromatic rings. The first-order valence-corrected chi connectivity index (χ1v) is 7.96. The van der Waals surface area contributed by atoms with E-state index in [4.69, 9.17) is 9.47 Å². The molecule has 1 atom stereocenters. The van der Waals surface area contributed by atoms with E-state index in [-0.39, 0.29) is 36.8 Å². The fraction of sp³-hybridized carbons (Fsp3) is 0.438. The minimum atomic E-state index is -0.0437. The largest absolute Gasteiger partial charge is 0.492 e. The fourth-order valence-corrected chi connectivity index (χ4v) is 2.46. The minimum Gasteiger partial charge on any atom is -0.492 e. The molecule has 0 saturated carbocycles. The lowest BCUT2D eigenvalue weighted by atomic mass is 10.2. The third-order valence-corrected chi connectivity index (χ3v) is 3.60. The van der Waals surface area contributed by atoms with E-state index in [2.05, 4.69) is 20.7 Å². The summed E-state index contributed by atoms with van der Waals surface area (Å²) in [5.74, 6) is 0.657. The van der Waals surface area contributed by atoms with Crippen molar-refractivity contribution in [1.82, 2.24) is 20.1 Å². The van der Waals surface area contributed by atoms with Gasteiger partial charge in [-0.05, 0) is 12.1 Å². The predicted octanol–water partition coefficient (Wildman–Crippen LogP) is 1.52. The number of anilines is 1. The molecule has 3 rings (SSSR count). The van der Waals surface area contributed by atoms with Crippen LogP contribution in [0.5, 0.6) is 5.75 Å². The first-order valence-electron chi connectivity index (χ1n) is 7.96. The van der Waals surface area contributed by atoms with Gasteiger partial charge in [-0.1, -0.05) is 6.07 Å². The van der Waals surface area contributed by atoms with E-state index >= 15 is 0 Å². The Balaban J connectivity index is 0.00000169. The molecular weight excluding hydrogens is 381 g/mol. The molecule has 1 aliphatic heterocycles. The van der Waals surface area contributed by atoms with Gasteiger partial charge in [-0.3, -0.25) is 4.79 Å². The Hall–Kier alpha value is -1.87. The van der Waals surface area contributed by atoms with Gasteiger partial charge < -0.3 is 20.1 Å². The van der Waals surface area contributed by atoms with E-state index in [0.717, 1.165) is 12.2 Å². The maximum absolute atomic E-state index is 12.1. The molecule has 2 N–H and O–H groups in total. The number of morpholine rings is 1. The van der Waals surface area contributed by atoms with Crippen molar-refractivity contribution in [2.45, 2.75) is 19.0 Å². The second kappa shape index (κ2) is 11.7. The SMILES string of the molecule is Cl.Cl.O=C(CC1COCCN1)Nc1cccc(OCCn2cncn2)c1. The van der Waals surface area contributed by atoms with Crippen molar-refractivity contribution in [1.29, 1.82) is 0 Å². The second-order valence-corrected chi connectivity index (χ2v) is 5.51. The van der Waals surface area contributed by atoms with E-state index in [1.165, 1.54) is 6.33 Å². The highest BCUT2D eigenvalue weighted by atomic mass is 35.5. The lowest BCUT2D eigenvalue weighted by molar-refractivity contribution is -0.117. The number of halogens is 2. The van der Waals surface area contributed by atoms with Crippen LogP contribution in [-0.2, 0) is 16.1 Å². The van der Waals surface area contributed by atoms with Crippen molar-refractivity contribution in [3.05, 3.63) is 36.9 Å². The second-order valence-electron chi connectivity index (χ2n) is 5.51. The summed E-state index contributed by atoms with van der Waals surface area (Å²) in [4.78, 5) is 16.0. The Morgan fingerprint density at radius 1 is 1.42 bits per heavy atom. The van der Waals surface area contributed by atoms with E-state index in [9.17, 15) is 4.79 Å². The molecule has 0 radical (unpaired) electrons. The van der Waals surface area contributed by atoms with Crippen molar-refractivity contribution >= 4 is 36.4 Å². The highest BCUT2D eigenvalue weighted by molar-refractivity contribution is 5.91. The minimum absolute atomic E-state index is 0. The average Bonchev–Trinajstić information content (AvgIpc) is 3.09. The van der Waals surface area contributed by atoms with Crippen LogP contribution in [-0.4, -0.2) is 53.1 Å². The van der Waals surface area contributed by atoms with Gasteiger partial charge in [0.25, 0.3) is 0 Å². The molecule has 144 valence electrons. The van der Waals surface area contributed by atoms with Crippen LogP contribution in [0, 0.1) is 0 Å². The zero-order valence-corrected chi connectivity index (χ0v) is 15.8. The van der Waals surface area contributed by atoms with Crippen LogP contribution in [0.15, 0.2) is 36.9 Å². The Bertz CT molecular complexity index is 651. The van der Waals surface area contributed by atoms with Crippen molar-refractivity contribution in [2.75, 3.05) is 31.7 Å². The molecule has 1 amide bonds. The lowest BCUT2D eigenvalue weighted by Crippen LogP contribution is -2.43. The molecule has 10 heteroatoms. The summed E-state index contributed by atoms with van der Waals surface area (Å²) < 4.78 is 12.7. The molecular formula is C16H23Cl2N5O3. The summed E-state index contributed by atoms with van der Waals surface area (Å²) in [6, 6.07) is 7.42. The highest BCUT2D eigenvalue weighted by Crippen LogP contribution is 2.17. The molecule has 1 aliphatic rings. The molecule has 1 saturated heterocycles. The van der Waals surface area contributed by atoms with Crippen LogP contribution in [0.25, 0.3) is 0 Å². The van der Waals surface area contributed by atoms with E-state index < -0.39 is 0 Å². The van der Waals surface area contributed by atoms with Gasteiger partial charge in [-0.25, -0.2) is 9.67 Å². The molecule has 2 heterocycles. The van der Waals surface area contributed by atoms with Gasteiger partial charge in [-0.15, -0.1) is 24.8 Å². The molecule has 1 aromatic heterocycles.